The molecule has 1 aromatic rings. The maximum atomic E-state index is 12.6. The number of hydrogen-bond acceptors (Lipinski definition) is 5. The standard InChI is InChI=1S/C13H18N4O3/c1-14-11(18)10-8-15-6-7-17(10)13(19)9-4-3-5-16-12(9)20-2/h3-5,10,15H,6-8H2,1-2H3,(H,14,18). The molecule has 0 bridgehead atoms. The number of carbonyl (C=O) groups is 2. The van der Waals surface area contributed by atoms with Gasteiger partial charge in [0.1, 0.15) is 11.6 Å². The van der Waals surface area contributed by atoms with E-state index in [1.54, 1.807) is 30.3 Å². The Morgan fingerprint density at radius 3 is 3.05 bits per heavy atom. The molecule has 2 heterocycles. The van der Waals surface area contributed by atoms with Crippen LogP contribution >= 0.6 is 0 Å². The summed E-state index contributed by atoms with van der Waals surface area (Å²) in [7, 11) is 3.03. The summed E-state index contributed by atoms with van der Waals surface area (Å²) in [4.78, 5) is 30.1. The van der Waals surface area contributed by atoms with Crippen molar-refractivity contribution in [2.24, 2.45) is 0 Å². The van der Waals surface area contributed by atoms with Crippen molar-refractivity contribution < 1.29 is 14.3 Å². The second-order valence-electron chi connectivity index (χ2n) is 4.39. The SMILES string of the molecule is CNC(=O)C1CNCCN1C(=O)c1cccnc1OC. The molecule has 1 aliphatic rings. The van der Waals surface area contributed by atoms with Crippen molar-refractivity contribution in [1.82, 2.24) is 20.5 Å². The predicted molar refractivity (Wildman–Crippen MR) is 72.5 cm³/mol. The fourth-order valence-electron chi connectivity index (χ4n) is 2.22. The third kappa shape index (κ3) is 2.72. The number of nitrogens with one attached hydrogen (secondary N) is 2. The Hall–Kier alpha value is -2.15. The van der Waals surface area contributed by atoms with E-state index < -0.39 is 6.04 Å². The second kappa shape index (κ2) is 6.33. The number of amides is 2. The van der Waals surface area contributed by atoms with E-state index in [4.69, 9.17) is 4.74 Å². The van der Waals surface area contributed by atoms with E-state index in [2.05, 4.69) is 15.6 Å². The van der Waals surface area contributed by atoms with Gasteiger partial charge >= 0.3 is 0 Å². The van der Waals surface area contributed by atoms with Gasteiger partial charge in [0.2, 0.25) is 11.8 Å². The lowest BCUT2D eigenvalue weighted by molar-refractivity contribution is -0.125. The normalized spacial score (nSPS) is 18.5. The molecule has 0 aliphatic carbocycles. The summed E-state index contributed by atoms with van der Waals surface area (Å²) >= 11 is 0. The van der Waals surface area contributed by atoms with Crippen molar-refractivity contribution in [1.29, 1.82) is 0 Å². The maximum absolute atomic E-state index is 12.6. The predicted octanol–water partition coefficient (Wildman–Crippen LogP) is -0.750. The zero-order chi connectivity index (χ0) is 14.5. The first-order valence-corrected chi connectivity index (χ1v) is 6.41. The topological polar surface area (TPSA) is 83.6 Å². The van der Waals surface area contributed by atoms with Crippen LogP contribution in [0.25, 0.3) is 0 Å². The number of rotatable bonds is 3. The van der Waals surface area contributed by atoms with Gasteiger partial charge in [-0.05, 0) is 12.1 Å². The summed E-state index contributed by atoms with van der Waals surface area (Å²) in [6.45, 7) is 1.56. The average molecular weight is 278 g/mol. The highest BCUT2D eigenvalue weighted by molar-refractivity contribution is 5.99. The highest BCUT2D eigenvalue weighted by atomic mass is 16.5. The number of pyridine rings is 1. The summed E-state index contributed by atoms with van der Waals surface area (Å²) in [5.74, 6) is -0.162. The molecule has 7 heteroatoms. The summed E-state index contributed by atoms with van der Waals surface area (Å²) in [6.07, 6.45) is 1.56. The molecule has 1 unspecified atom stereocenters. The van der Waals surface area contributed by atoms with Crippen LogP contribution in [0.2, 0.25) is 0 Å². The molecule has 1 atom stereocenters. The van der Waals surface area contributed by atoms with Crippen LogP contribution < -0.4 is 15.4 Å². The molecule has 7 nitrogen and oxygen atoms in total. The molecule has 1 aromatic heterocycles. The van der Waals surface area contributed by atoms with Gasteiger partial charge in [0.15, 0.2) is 0 Å². The Bertz CT molecular complexity index is 506. The average Bonchev–Trinajstić information content (AvgIpc) is 2.53. The van der Waals surface area contributed by atoms with Crippen molar-refractivity contribution in [2.45, 2.75) is 6.04 Å². The number of piperazine rings is 1. The number of hydrogen-bond donors (Lipinski definition) is 2. The molecular weight excluding hydrogens is 260 g/mol. The van der Waals surface area contributed by atoms with E-state index in [1.807, 2.05) is 0 Å². The van der Waals surface area contributed by atoms with Gasteiger partial charge in [0, 0.05) is 32.9 Å². The Labute approximate surface area is 117 Å². The van der Waals surface area contributed by atoms with E-state index in [1.165, 1.54) is 7.11 Å². The van der Waals surface area contributed by atoms with Crippen LogP contribution in [-0.4, -0.2) is 61.5 Å². The third-order valence-electron chi connectivity index (χ3n) is 3.25. The van der Waals surface area contributed by atoms with Crippen LogP contribution in [-0.2, 0) is 4.79 Å². The van der Waals surface area contributed by atoms with E-state index in [9.17, 15) is 9.59 Å². The minimum absolute atomic E-state index is 0.187. The molecule has 2 N–H and O–H groups in total. The van der Waals surface area contributed by atoms with Crippen LogP contribution in [0.1, 0.15) is 10.4 Å². The zero-order valence-corrected chi connectivity index (χ0v) is 11.5. The Morgan fingerprint density at radius 2 is 2.35 bits per heavy atom. The fourth-order valence-corrected chi connectivity index (χ4v) is 2.22. The van der Waals surface area contributed by atoms with Crippen molar-refractivity contribution in [2.75, 3.05) is 33.8 Å². The maximum Gasteiger partial charge on any atom is 0.260 e. The van der Waals surface area contributed by atoms with Gasteiger partial charge in [-0.15, -0.1) is 0 Å². The van der Waals surface area contributed by atoms with Crippen LogP contribution in [0.15, 0.2) is 18.3 Å². The van der Waals surface area contributed by atoms with Gasteiger partial charge in [0.05, 0.1) is 7.11 Å². The summed E-state index contributed by atoms with van der Waals surface area (Å²) in [5.41, 5.74) is 0.366. The van der Waals surface area contributed by atoms with Crippen molar-refractivity contribution in [3.05, 3.63) is 23.9 Å². The van der Waals surface area contributed by atoms with Crippen molar-refractivity contribution in [3.63, 3.8) is 0 Å². The van der Waals surface area contributed by atoms with Gasteiger partial charge in [-0.25, -0.2) is 4.98 Å². The molecule has 2 amide bonds. The molecule has 1 aliphatic heterocycles. The summed E-state index contributed by atoms with van der Waals surface area (Å²) in [6, 6.07) is 2.80. The second-order valence-corrected chi connectivity index (χ2v) is 4.39. The molecular formula is C13H18N4O3. The molecule has 2 rings (SSSR count). The van der Waals surface area contributed by atoms with Crippen molar-refractivity contribution >= 4 is 11.8 Å². The molecule has 1 saturated heterocycles. The minimum atomic E-state index is -0.522. The molecule has 0 aromatic carbocycles. The lowest BCUT2D eigenvalue weighted by Crippen LogP contribution is -2.59. The lowest BCUT2D eigenvalue weighted by atomic mass is 10.1. The fraction of sp³-hybridized carbons (Fsp3) is 0.462. The Kier molecular flexibility index (Phi) is 4.52. The molecule has 1 fully saturated rings. The van der Waals surface area contributed by atoms with Gasteiger partial charge in [-0.3, -0.25) is 9.59 Å². The zero-order valence-electron chi connectivity index (χ0n) is 11.5. The number of aromatic nitrogens is 1. The minimum Gasteiger partial charge on any atom is -0.480 e. The Balaban J connectivity index is 2.27. The van der Waals surface area contributed by atoms with Crippen molar-refractivity contribution in [3.8, 4) is 5.88 Å². The number of nitrogens with zero attached hydrogens (tertiary/aromatic N) is 2. The van der Waals surface area contributed by atoms with E-state index in [0.717, 1.165) is 0 Å². The van der Waals surface area contributed by atoms with Crippen LogP contribution in [0.3, 0.4) is 0 Å². The van der Waals surface area contributed by atoms with Crippen LogP contribution in [0.5, 0.6) is 5.88 Å². The number of carbonyl (C=O) groups excluding carboxylic acids is 2. The van der Waals surface area contributed by atoms with E-state index in [0.29, 0.717) is 25.2 Å². The van der Waals surface area contributed by atoms with Crippen LogP contribution in [0, 0.1) is 0 Å². The van der Waals surface area contributed by atoms with Gasteiger partial charge in [-0.2, -0.15) is 0 Å². The number of methoxy groups -OCH3 is 1. The van der Waals surface area contributed by atoms with Crippen LogP contribution in [0.4, 0.5) is 0 Å². The monoisotopic (exact) mass is 278 g/mol. The Morgan fingerprint density at radius 1 is 1.55 bits per heavy atom. The van der Waals surface area contributed by atoms with E-state index >= 15 is 0 Å². The van der Waals surface area contributed by atoms with Gasteiger partial charge in [0.25, 0.3) is 5.91 Å². The first-order chi connectivity index (χ1) is 9.69. The molecule has 20 heavy (non-hydrogen) atoms. The molecule has 0 radical (unpaired) electrons. The summed E-state index contributed by atoms with van der Waals surface area (Å²) < 4.78 is 5.10. The number of ether oxygens (including phenoxy) is 1. The highest BCUT2D eigenvalue weighted by Crippen LogP contribution is 2.18. The first kappa shape index (κ1) is 14.3. The largest absolute Gasteiger partial charge is 0.480 e. The highest BCUT2D eigenvalue weighted by Gasteiger charge is 2.33. The lowest BCUT2D eigenvalue weighted by Gasteiger charge is -2.35. The first-order valence-electron chi connectivity index (χ1n) is 6.41. The van der Waals surface area contributed by atoms with Gasteiger partial charge in [-0.1, -0.05) is 0 Å². The quantitative estimate of drug-likeness (QED) is 0.760. The number of likely N-dealkylation sites (N-methyl/N-ethyl adjacent to an activating group) is 1. The molecule has 108 valence electrons. The molecule has 0 saturated carbocycles. The molecule has 0 spiro atoms. The van der Waals surface area contributed by atoms with Gasteiger partial charge < -0.3 is 20.3 Å². The third-order valence-corrected chi connectivity index (χ3v) is 3.25. The van der Waals surface area contributed by atoms with E-state index in [-0.39, 0.29) is 17.7 Å². The summed E-state index contributed by atoms with van der Waals surface area (Å²) in [5, 5.41) is 5.69. The smallest absolute Gasteiger partial charge is 0.260 e.